The summed E-state index contributed by atoms with van der Waals surface area (Å²) in [7, 11) is 8.68. The van der Waals surface area contributed by atoms with Crippen LogP contribution in [-0.4, -0.2) is 21.0 Å². The molecule has 28 heavy (non-hydrogen) atoms. The number of benzene rings is 3. The van der Waals surface area contributed by atoms with Gasteiger partial charge in [-0.25, -0.2) is 0 Å². The summed E-state index contributed by atoms with van der Waals surface area (Å²) in [5.41, 5.74) is 6.94. The zero-order chi connectivity index (χ0) is 19.9. The first kappa shape index (κ1) is 18.6. The standard InChI is InChI=1S/C25H24BNO/c1-5-25(26,28-17(2)3)18-14-15-24-22(16-18)20-11-7-6-10-19(20)21-12-8-9-13-23(21)27(24)4/h5-17H,1H2,2-4H3. The second kappa shape index (κ2) is 6.99. The van der Waals surface area contributed by atoms with Gasteiger partial charge in [0.2, 0.25) is 0 Å². The van der Waals surface area contributed by atoms with Crippen LogP contribution in [0.4, 0.5) is 11.4 Å². The number of hydrogen-bond donors (Lipinski definition) is 0. The minimum absolute atomic E-state index is 0.0129. The Balaban J connectivity index is 1.98. The summed E-state index contributed by atoms with van der Waals surface area (Å²) in [4.78, 5) is 2.24. The molecule has 1 aliphatic heterocycles. The number of rotatable bonds is 4. The Morgan fingerprint density at radius 3 is 2.11 bits per heavy atom. The molecule has 0 fully saturated rings. The molecule has 1 atom stereocenters. The molecular weight excluding hydrogens is 341 g/mol. The monoisotopic (exact) mass is 365 g/mol. The van der Waals surface area contributed by atoms with Crippen molar-refractivity contribution in [1.29, 1.82) is 0 Å². The Morgan fingerprint density at radius 2 is 1.46 bits per heavy atom. The first-order valence-corrected chi connectivity index (χ1v) is 9.62. The number of fused-ring (bicyclic) bond motifs is 5. The van der Waals surface area contributed by atoms with Gasteiger partial charge in [-0.15, -0.1) is 6.58 Å². The van der Waals surface area contributed by atoms with Gasteiger partial charge in [-0.05, 0) is 48.7 Å². The molecule has 0 aliphatic carbocycles. The minimum Gasteiger partial charge on any atom is -0.374 e. The van der Waals surface area contributed by atoms with Crippen LogP contribution in [0.15, 0.2) is 79.4 Å². The van der Waals surface area contributed by atoms with E-state index in [1.54, 1.807) is 6.08 Å². The molecule has 0 bridgehead atoms. The fraction of sp³-hybridized carbons (Fsp3) is 0.200. The van der Waals surface area contributed by atoms with E-state index >= 15 is 0 Å². The van der Waals surface area contributed by atoms with E-state index in [0.717, 1.165) is 16.8 Å². The lowest BCUT2D eigenvalue weighted by Crippen LogP contribution is -2.30. The smallest absolute Gasteiger partial charge is 0.126 e. The predicted molar refractivity (Wildman–Crippen MR) is 119 cm³/mol. The molecule has 2 radical (unpaired) electrons. The maximum absolute atomic E-state index is 6.58. The third-order valence-electron chi connectivity index (χ3n) is 5.32. The van der Waals surface area contributed by atoms with Crippen molar-refractivity contribution in [2.45, 2.75) is 25.5 Å². The van der Waals surface area contributed by atoms with Gasteiger partial charge in [0, 0.05) is 29.5 Å². The molecule has 138 valence electrons. The predicted octanol–water partition coefficient (Wildman–Crippen LogP) is 6.03. The molecule has 4 rings (SSSR count). The zero-order valence-corrected chi connectivity index (χ0v) is 16.6. The lowest BCUT2D eigenvalue weighted by molar-refractivity contribution is 0.00448. The normalized spacial score (nSPS) is 14.5. The van der Waals surface area contributed by atoms with Crippen molar-refractivity contribution < 1.29 is 4.74 Å². The molecule has 1 heterocycles. The summed E-state index contributed by atoms with van der Waals surface area (Å²) in [6, 6.07) is 23.3. The molecule has 3 heteroatoms. The summed E-state index contributed by atoms with van der Waals surface area (Å²) in [6.07, 6.45) is 1.66. The van der Waals surface area contributed by atoms with E-state index in [4.69, 9.17) is 12.6 Å². The van der Waals surface area contributed by atoms with E-state index in [2.05, 4.69) is 79.2 Å². The van der Waals surface area contributed by atoms with Crippen molar-refractivity contribution in [3.05, 3.63) is 84.9 Å². The zero-order valence-electron chi connectivity index (χ0n) is 16.6. The van der Waals surface area contributed by atoms with Crippen molar-refractivity contribution in [2.24, 2.45) is 0 Å². The van der Waals surface area contributed by atoms with Crippen LogP contribution < -0.4 is 4.90 Å². The second-order valence-electron chi connectivity index (χ2n) is 7.52. The van der Waals surface area contributed by atoms with Gasteiger partial charge in [0.05, 0.1) is 11.6 Å². The van der Waals surface area contributed by atoms with Crippen LogP contribution in [0, 0.1) is 0 Å². The minimum atomic E-state index is -1.03. The average Bonchev–Trinajstić information content (AvgIpc) is 2.81. The molecule has 1 unspecified atom stereocenters. The quantitative estimate of drug-likeness (QED) is 0.413. The van der Waals surface area contributed by atoms with E-state index in [0.29, 0.717) is 0 Å². The highest BCUT2D eigenvalue weighted by Crippen LogP contribution is 2.47. The highest BCUT2D eigenvalue weighted by molar-refractivity contribution is 6.16. The van der Waals surface area contributed by atoms with E-state index < -0.39 is 5.50 Å². The Hall–Kier alpha value is -2.78. The van der Waals surface area contributed by atoms with E-state index in [9.17, 15) is 0 Å². The van der Waals surface area contributed by atoms with Crippen LogP contribution in [0.1, 0.15) is 19.4 Å². The summed E-state index contributed by atoms with van der Waals surface area (Å²) < 4.78 is 6.02. The molecule has 0 N–H and O–H groups in total. The number of ether oxygens (including phenoxy) is 1. The summed E-state index contributed by atoms with van der Waals surface area (Å²) >= 11 is 0. The van der Waals surface area contributed by atoms with Gasteiger partial charge >= 0.3 is 0 Å². The summed E-state index contributed by atoms with van der Waals surface area (Å²) in [5.74, 6) is 0. The topological polar surface area (TPSA) is 12.5 Å². The van der Waals surface area contributed by atoms with E-state index in [1.807, 2.05) is 19.9 Å². The fourth-order valence-corrected chi connectivity index (χ4v) is 3.99. The van der Waals surface area contributed by atoms with E-state index in [1.165, 1.54) is 22.4 Å². The van der Waals surface area contributed by atoms with Crippen LogP contribution >= 0.6 is 0 Å². The number of para-hydroxylation sites is 1. The van der Waals surface area contributed by atoms with Gasteiger partial charge in [0.25, 0.3) is 0 Å². The summed E-state index contributed by atoms with van der Waals surface area (Å²) in [6.45, 7) is 7.88. The Kier molecular flexibility index (Phi) is 4.64. The SMILES string of the molecule is [B]C(C=C)(OC(C)C)c1ccc2c(c1)-c1ccccc1-c1ccccc1N2C. The van der Waals surface area contributed by atoms with Crippen LogP contribution in [-0.2, 0) is 10.2 Å². The molecule has 0 aromatic heterocycles. The highest BCUT2D eigenvalue weighted by Gasteiger charge is 2.28. The van der Waals surface area contributed by atoms with Crippen molar-refractivity contribution in [3.63, 3.8) is 0 Å². The first-order valence-electron chi connectivity index (χ1n) is 9.62. The number of nitrogens with zero attached hydrogens (tertiary/aromatic N) is 1. The van der Waals surface area contributed by atoms with Gasteiger partial charge < -0.3 is 9.64 Å². The van der Waals surface area contributed by atoms with Crippen LogP contribution in [0.2, 0.25) is 0 Å². The lowest BCUT2D eigenvalue weighted by atomic mass is 9.74. The molecule has 3 aromatic rings. The molecule has 2 nitrogen and oxygen atoms in total. The molecule has 0 amide bonds. The van der Waals surface area contributed by atoms with E-state index in [-0.39, 0.29) is 6.10 Å². The van der Waals surface area contributed by atoms with Gasteiger partial charge in [0.1, 0.15) is 7.85 Å². The second-order valence-corrected chi connectivity index (χ2v) is 7.52. The molecule has 0 spiro atoms. The van der Waals surface area contributed by atoms with Gasteiger partial charge in [-0.2, -0.15) is 0 Å². The fourth-order valence-electron chi connectivity index (χ4n) is 3.99. The Labute approximate surface area is 168 Å². The van der Waals surface area contributed by atoms with Crippen molar-refractivity contribution >= 4 is 19.2 Å². The third kappa shape index (κ3) is 2.96. The maximum atomic E-state index is 6.58. The molecule has 0 saturated carbocycles. The Bertz CT molecular complexity index is 1040. The third-order valence-corrected chi connectivity index (χ3v) is 5.32. The van der Waals surface area contributed by atoms with Gasteiger partial charge in [0.15, 0.2) is 0 Å². The van der Waals surface area contributed by atoms with Crippen LogP contribution in [0.5, 0.6) is 0 Å². The van der Waals surface area contributed by atoms with Crippen LogP contribution in [0.3, 0.4) is 0 Å². The largest absolute Gasteiger partial charge is 0.374 e. The molecular formula is C25H24BNO. The summed E-state index contributed by atoms with van der Waals surface area (Å²) in [5, 5.41) is 0. The lowest BCUT2D eigenvalue weighted by Gasteiger charge is -2.31. The van der Waals surface area contributed by atoms with Crippen LogP contribution in [0.25, 0.3) is 22.3 Å². The van der Waals surface area contributed by atoms with Crippen molar-refractivity contribution in [3.8, 4) is 22.3 Å². The van der Waals surface area contributed by atoms with Crippen molar-refractivity contribution in [1.82, 2.24) is 0 Å². The first-order chi connectivity index (χ1) is 13.4. The Morgan fingerprint density at radius 1 is 0.893 bits per heavy atom. The highest BCUT2D eigenvalue weighted by atomic mass is 16.5. The molecule has 0 saturated heterocycles. The molecule has 3 aromatic carbocycles. The maximum Gasteiger partial charge on any atom is 0.126 e. The van der Waals surface area contributed by atoms with Crippen molar-refractivity contribution in [2.75, 3.05) is 11.9 Å². The number of anilines is 2. The molecule has 1 aliphatic rings. The average molecular weight is 365 g/mol. The number of hydrogen-bond acceptors (Lipinski definition) is 2. The van der Waals surface area contributed by atoms with Gasteiger partial charge in [-0.3, -0.25) is 0 Å². The van der Waals surface area contributed by atoms with Gasteiger partial charge in [-0.1, -0.05) is 54.6 Å².